The molecule has 0 atom stereocenters. The SMILES string of the molecule is Cl.N#Cc1ccc(S(=O)(=O)N2CCC(N)CC2)cc1Br. The van der Waals surface area contributed by atoms with Gasteiger partial charge in [0, 0.05) is 23.6 Å². The summed E-state index contributed by atoms with van der Waals surface area (Å²) in [5, 5.41) is 8.84. The van der Waals surface area contributed by atoms with Crippen LogP contribution in [0.4, 0.5) is 0 Å². The molecule has 1 aromatic rings. The van der Waals surface area contributed by atoms with Crippen LogP contribution >= 0.6 is 28.3 Å². The number of nitrogens with two attached hydrogens (primary N) is 1. The molecule has 8 heteroatoms. The first-order valence-corrected chi connectivity index (χ1v) is 8.14. The number of rotatable bonds is 2. The van der Waals surface area contributed by atoms with E-state index < -0.39 is 10.0 Å². The van der Waals surface area contributed by atoms with Gasteiger partial charge in [-0.3, -0.25) is 0 Å². The standard InChI is InChI=1S/C12H14BrN3O2S.ClH/c13-12-7-11(2-1-9(12)8-14)19(17,18)16-5-3-10(15)4-6-16;/h1-2,7,10H,3-6,15H2;1H. The maximum absolute atomic E-state index is 12.4. The minimum atomic E-state index is -3.49. The van der Waals surface area contributed by atoms with E-state index in [1.807, 2.05) is 6.07 Å². The molecule has 110 valence electrons. The van der Waals surface area contributed by atoms with Gasteiger partial charge in [-0.15, -0.1) is 12.4 Å². The predicted molar refractivity (Wildman–Crippen MR) is 82.1 cm³/mol. The molecule has 0 bridgehead atoms. The Labute approximate surface area is 133 Å². The van der Waals surface area contributed by atoms with Gasteiger partial charge >= 0.3 is 0 Å². The lowest BCUT2D eigenvalue weighted by molar-refractivity contribution is 0.320. The van der Waals surface area contributed by atoms with Gasteiger partial charge in [0.15, 0.2) is 0 Å². The highest BCUT2D eigenvalue weighted by Crippen LogP contribution is 2.25. The Bertz CT molecular complexity index is 622. The highest BCUT2D eigenvalue weighted by atomic mass is 79.9. The fourth-order valence-corrected chi connectivity index (χ4v) is 4.13. The van der Waals surface area contributed by atoms with Crippen LogP contribution in [0.1, 0.15) is 18.4 Å². The second-order valence-corrected chi connectivity index (χ2v) is 7.29. The van der Waals surface area contributed by atoms with E-state index in [1.54, 1.807) is 0 Å². The number of benzene rings is 1. The Morgan fingerprint density at radius 2 is 1.95 bits per heavy atom. The van der Waals surface area contributed by atoms with Crippen molar-refractivity contribution in [3.8, 4) is 6.07 Å². The first-order valence-electron chi connectivity index (χ1n) is 5.90. The van der Waals surface area contributed by atoms with E-state index in [4.69, 9.17) is 11.0 Å². The van der Waals surface area contributed by atoms with Crippen molar-refractivity contribution in [3.63, 3.8) is 0 Å². The summed E-state index contributed by atoms with van der Waals surface area (Å²) in [5.41, 5.74) is 6.19. The molecule has 2 rings (SSSR count). The summed E-state index contributed by atoms with van der Waals surface area (Å²) in [7, 11) is -3.49. The maximum Gasteiger partial charge on any atom is 0.243 e. The number of hydrogen-bond donors (Lipinski definition) is 1. The highest BCUT2D eigenvalue weighted by Gasteiger charge is 2.28. The van der Waals surface area contributed by atoms with Gasteiger partial charge < -0.3 is 5.73 Å². The third-order valence-corrected chi connectivity index (χ3v) is 5.75. The first-order chi connectivity index (χ1) is 8.95. The maximum atomic E-state index is 12.4. The second-order valence-electron chi connectivity index (χ2n) is 4.49. The lowest BCUT2D eigenvalue weighted by Crippen LogP contribution is -2.42. The van der Waals surface area contributed by atoms with Crippen molar-refractivity contribution < 1.29 is 8.42 Å². The molecule has 0 spiro atoms. The third kappa shape index (κ3) is 3.51. The number of sulfonamides is 1. The van der Waals surface area contributed by atoms with Gasteiger partial charge in [0.1, 0.15) is 6.07 Å². The Kier molecular flexibility index (Phi) is 5.98. The molecule has 1 aromatic carbocycles. The van der Waals surface area contributed by atoms with Gasteiger partial charge in [0.25, 0.3) is 0 Å². The summed E-state index contributed by atoms with van der Waals surface area (Å²) in [5.74, 6) is 0. The molecule has 0 saturated carbocycles. The molecule has 1 saturated heterocycles. The zero-order valence-corrected chi connectivity index (χ0v) is 13.8. The number of halogens is 2. The van der Waals surface area contributed by atoms with Gasteiger partial charge in [-0.1, -0.05) is 0 Å². The van der Waals surface area contributed by atoms with Crippen LogP contribution in [-0.4, -0.2) is 31.9 Å². The van der Waals surface area contributed by atoms with E-state index in [0.717, 1.165) is 0 Å². The lowest BCUT2D eigenvalue weighted by Gasteiger charge is -2.29. The van der Waals surface area contributed by atoms with Crippen LogP contribution in [0, 0.1) is 11.3 Å². The van der Waals surface area contributed by atoms with Crippen LogP contribution in [0.5, 0.6) is 0 Å². The van der Waals surface area contributed by atoms with Crippen molar-refractivity contribution >= 4 is 38.4 Å². The van der Waals surface area contributed by atoms with Crippen LogP contribution in [0.2, 0.25) is 0 Å². The van der Waals surface area contributed by atoms with E-state index in [0.29, 0.717) is 36.0 Å². The number of nitrogens with zero attached hydrogens (tertiary/aromatic N) is 2. The molecule has 1 aliphatic heterocycles. The van der Waals surface area contributed by atoms with Gasteiger partial charge in [-0.25, -0.2) is 8.42 Å². The highest BCUT2D eigenvalue weighted by molar-refractivity contribution is 9.10. The van der Waals surface area contributed by atoms with E-state index in [9.17, 15) is 8.42 Å². The minimum absolute atomic E-state index is 0. The van der Waals surface area contributed by atoms with Gasteiger partial charge in [0.05, 0.1) is 10.5 Å². The van der Waals surface area contributed by atoms with Crippen LogP contribution in [-0.2, 0) is 10.0 Å². The monoisotopic (exact) mass is 379 g/mol. The van der Waals surface area contributed by atoms with Crippen molar-refractivity contribution in [1.82, 2.24) is 4.31 Å². The normalized spacial score (nSPS) is 17.2. The molecule has 0 aliphatic carbocycles. The zero-order valence-electron chi connectivity index (χ0n) is 10.6. The minimum Gasteiger partial charge on any atom is -0.328 e. The van der Waals surface area contributed by atoms with Crippen molar-refractivity contribution in [2.45, 2.75) is 23.8 Å². The van der Waals surface area contributed by atoms with Crippen molar-refractivity contribution in [1.29, 1.82) is 5.26 Å². The summed E-state index contributed by atoms with van der Waals surface area (Å²) in [6.45, 7) is 0.891. The van der Waals surface area contributed by atoms with Gasteiger partial charge in [0.2, 0.25) is 10.0 Å². The quantitative estimate of drug-likeness (QED) is 0.848. The van der Waals surface area contributed by atoms with Crippen LogP contribution in [0.15, 0.2) is 27.6 Å². The van der Waals surface area contributed by atoms with E-state index in [1.165, 1.54) is 22.5 Å². The summed E-state index contributed by atoms with van der Waals surface area (Å²) in [6.07, 6.45) is 1.35. The van der Waals surface area contributed by atoms with E-state index >= 15 is 0 Å². The van der Waals surface area contributed by atoms with Crippen LogP contribution in [0.3, 0.4) is 0 Å². The molecule has 20 heavy (non-hydrogen) atoms. The Balaban J connectivity index is 0.00000200. The second kappa shape index (κ2) is 6.87. The summed E-state index contributed by atoms with van der Waals surface area (Å²) in [4.78, 5) is 0.203. The molecule has 0 unspecified atom stereocenters. The van der Waals surface area contributed by atoms with Crippen molar-refractivity contribution in [2.24, 2.45) is 5.73 Å². The molecule has 2 N–H and O–H groups in total. The predicted octanol–water partition coefficient (Wildman–Crippen LogP) is 1.85. The Morgan fingerprint density at radius 3 is 2.45 bits per heavy atom. The zero-order chi connectivity index (χ0) is 14.0. The molecule has 0 aromatic heterocycles. The summed E-state index contributed by atoms with van der Waals surface area (Å²) in [6, 6.07) is 6.52. The van der Waals surface area contributed by atoms with Crippen molar-refractivity contribution in [3.05, 3.63) is 28.2 Å². The third-order valence-electron chi connectivity index (χ3n) is 3.20. The largest absolute Gasteiger partial charge is 0.328 e. The Morgan fingerprint density at radius 1 is 1.35 bits per heavy atom. The topological polar surface area (TPSA) is 87.2 Å². The average Bonchev–Trinajstić information content (AvgIpc) is 2.39. The summed E-state index contributed by atoms with van der Waals surface area (Å²) >= 11 is 3.21. The fraction of sp³-hybridized carbons (Fsp3) is 0.417. The number of nitriles is 1. The molecule has 0 amide bonds. The summed E-state index contributed by atoms with van der Waals surface area (Å²) < 4.78 is 26.8. The molecule has 1 heterocycles. The average molecular weight is 381 g/mol. The molecule has 5 nitrogen and oxygen atoms in total. The Hall–Kier alpha value is -0.650. The first kappa shape index (κ1) is 17.4. The van der Waals surface area contributed by atoms with Crippen molar-refractivity contribution in [2.75, 3.05) is 13.1 Å². The smallest absolute Gasteiger partial charge is 0.243 e. The lowest BCUT2D eigenvalue weighted by atomic mass is 10.1. The number of hydrogen-bond acceptors (Lipinski definition) is 4. The van der Waals surface area contributed by atoms with Crippen LogP contribution < -0.4 is 5.73 Å². The van der Waals surface area contributed by atoms with Crippen LogP contribution in [0.25, 0.3) is 0 Å². The number of piperidine rings is 1. The molecule has 1 aliphatic rings. The molecular weight excluding hydrogens is 366 g/mol. The van der Waals surface area contributed by atoms with E-state index in [-0.39, 0.29) is 23.3 Å². The van der Waals surface area contributed by atoms with Gasteiger partial charge in [-0.05, 0) is 47.0 Å². The van der Waals surface area contributed by atoms with Gasteiger partial charge in [-0.2, -0.15) is 9.57 Å². The molecular formula is C12H15BrClN3O2S. The molecule has 1 fully saturated rings. The fourth-order valence-electron chi connectivity index (χ4n) is 2.01. The van der Waals surface area contributed by atoms with E-state index in [2.05, 4.69) is 15.9 Å². The molecule has 0 radical (unpaired) electrons.